The minimum Gasteiger partial charge on any atom is -0.361 e. The highest BCUT2D eigenvalue weighted by Gasteiger charge is 2.18. The number of nitrogens with one attached hydrogen (secondary N) is 3. The summed E-state index contributed by atoms with van der Waals surface area (Å²) in [6, 6.07) is 6.33. The van der Waals surface area contributed by atoms with Crippen LogP contribution in [0.5, 0.6) is 0 Å². The molecule has 1 atom stereocenters. The molecular weight excluding hydrogens is 344 g/mol. The van der Waals surface area contributed by atoms with Gasteiger partial charge in [-0.05, 0) is 37.6 Å². The number of aryl methyl sites for hydroxylation is 1. The van der Waals surface area contributed by atoms with Crippen LogP contribution < -0.4 is 10.6 Å². The molecule has 25 heavy (non-hydrogen) atoms. The number of aromatic amines is 1. The molecule has 2 aromatic heterocycles. The van der Waals surface area contributed by atoms with Crippen LogP contribution in [0.25, 0.3) is 10.9 Å². The molecule has 0 radical (unpaired) electrons. The number of benzene rings is 1. The Labute approximate surface area is 148 Å². The van der Waals surface area contributed by atoms with Crippen molar-refractivity contribution in [2.45, 2.75) is 26.3 Å². The highest BCUT2D eigenvalue weighted by molar-refractivity contribution is 6.31. The first-order valence-electron chi connectivity index (χ1n) is 7.71. The fraction of sp³-hybridized carbons (Fsp3) is 0.235. The van der Waals surface area contributed by atoms with E-state index in [1.165, 1.54) is 0 Å². The zero-order chi connectivity index (χ0) is 18.0. The van der Waals surface area contributed by atoms with Gasteiger partial charge in [-0.3, -0.25) is 9.59 Å². The summed E-state index contributed by atoms with van der Waals surface area (Å²) in [5.74, 6) is 0.267. The molecule has 2 heterocycles. The van der Waals surface area contributed by atoms with E-state index in [4.69, 9.17) is 16.1 Å². The number of amides is 2. The maximum atomic E-state index is 12.2. The minimum absolute atomic E-state index is 0.140. The summed E-state index contributed by atoms with van der Waals surface area (Å²) in [5, 5.41) is 10.4. The molecule has 1 aromatic carbocycles. The van der Waals surface area contributed by atoms with Crippen LogP contribution in [0.15, 0.2) is 35.0 Å². The van der Waals surface area contributed by atoms with Crippen molar-refractivity contribution in [2.24, 2.45) is 0 Å². The lowest BCUT2D eigenvalue weighted by Gasteiger charge is -2.12. The van der Waals surface area contributed by atoms with Crippen LogP contribution in [0, 0.1) is 6.92 Å². The van der Waals surface area contributed by atoms with Gasteiger partial charge in [-0.2, -0.15) is 0 Å². The van der Waals surface area contributed by atoms with Crippen LogP contribution in [-0.2, 0) is 16.0 Å². The second-order valence-electron chi connectivity index (χ2n) is 5.78. The average molecular weight is 361 g/mol. The lowest BCUT2D eigenvalue weighted by molar-refractivity contribution is -0.125. The predicted octanol–water partition coefficient (Wildman–Crippen LogP) is 2.80. The van der Waals surface area contributed by atoms with E-state index in [1.54, 1.807) is 38.2 Å². The number of carbonyl (C=O) groups is 2. The van der Waals surface area contributed by atoms with Gasteiger partial charge in [0.15, 0.2) is 5.82 Å². The van der Waals surface area contributed by atoms with Gasteiger partial charge in [0, 0.05) is 28.2 Å². The number of fused-ring (bicyclic) bond motifs is 1. The van der Waals surface area contributed by atoms with Gasteiger partial charge >= 0.3 is 0 Å². The normalized spacial score (nSPS) is 12.1. The van der Waals surface area contributed by atoms with Crippen LogP contribution in [0.1, 0.15) is 18.2 Å². The van der Waals surface area contributed by atoms with Crippen molar-refractivity contribution in [3.8, 4) is 0 Å². The largest absolute Gasteiger partial charge is 0.361 e. The van der Waals surface area contributed by atoms with E-state index in [1.807, 2.05) is 6.07 Å². The van der Waals surface area contributed by atoms with E-state index >= 15 is 0 Å². The maximum Gasteiger partial charge on any atom is 0.247 e. The summed E-state index contributed by atoms with van der Waals surface area (Å²) < 4.78 is 4.88. The Kier molecular flexibility index (Phi) is 4.76. The van der Waals surface area contributed by atoms with Crippen molar-refractivity contribution in [3.05, 3.63) is 46.8 Å². The molecule has 7 nitrogen and oxygen atoms in total. The minimum atomic E-state index is -0.710. The molecule has 3 aromatic rings. The number of rotatable bonds is 5. The van der Waals surface area contributed by atoms with E-state index in [0.29, 0.717) is 16.6 Å². The molecule has 1 unspecified atom stereocenters. The van der Waals surface area contributed by atoms with E-state index in [9.17, 15) is 9.59 Å². The monoisotopic (exact) mass is 360 g/mol. The van der Waals surface area contributed by atoms with E-state index in [-0.39, 0.29) is 18.2 Å². The second kappa shape index (κ2) is 6.98. The number of hydrogen-bond acceptors (Lipinski definition) is 4. The zero-order valence-electron chi connectivity index (χ0n) is 13.7. The average Bonchev–Trinajstić information content (AvgIpc) is 3.13. The number of anilines is 1. The van der Waals surface area contributed by atoms with Gasteiger partial charge in [0.05, 0.1) is 6.42 Å². The van der Waals surface area contributed by atoms with E-state index in [2.05, 4.69) is 20.8 Å². The first-order chi connectivity index (χ1) is 11.9. The van der Waals surface area contributed by atoms with Gasteiger partial charge in [-0.15, -0.1) is 0 Å². The summed E-state index contributed by atoms with van der Waals surface area (Å²) in [6.07, 6.45) is 1.91. The number of halogens is 1. The van der Waals surface area contributed by atoms with Crippen LogP contribution >= 0.6 is 11.6 Å². The van der Waals surface area contributed by atoms with Gasteiger partial charge in [0.1, 0.15) is 11.8 Å². The van der Waals surface area contributed by atoms with Crippen molar-refractivity contribution in [2.75, 3.05) is 5.32 Å². The third-order valence-electron chi connectivity index (χ3n) is 3.73. The first kappa shape index (κ1) is 17.0. The Morgan fingerprint density at radius 1 is 1.36 bits per heavy atom. The molecule has 2 amide bonds. The van der Waals surface area contributed by atoms with Crippen LogP contribution in [-0.4, -0.2) is 28.0 Å². The first-order valence-corrected chi connectivity index (χ1v) is 8.09. The van der Waals surface area contributed by atoms with Crippen molar-refractivity contribution in [1.29, 1.82) is 0 Å². The van der Waals surface area contributed by atoms with Crippen LogP contribution in [0.3, 0.4) is 0 Å². The smallest absolute Gasteiger partial charge is 0.247 e. The summed E-state index contributed by atoms with van der Waals surface area (Å²) in [5.41, 5.74) is 1.72. The molecular formula is C17H17ClN4O3. The zero-order valence-corrected chi connectivity index (χ0v) is 14.5. The van der Waals surface area contributed by atoms with Gasteiger partial charge in [-0.1, -0.05) is 16.8 Å². The Balaban J connectivity index is 1.61. The lowest BCUT2D eigenvalue weighted by atomic mass is 10.1. The van der Waals surface area contributed by atoms with Gasteiger partial charge in [-0.25, -0.2) is 0 Å². The van der Waals surface area contributed by atoms with E-state index < -0.39 is 6.04 Å². The predicted molar refractivity (Wildman–Crippen MR) is 94.5 cm³/mol. The van der Waals surface area contributed by atoms with Crippen LogP contribution in [0.4, 0.5) is 5.82 Å². The SMILES string of the molecule is Cc1cc(NC(=O)C(C)NC(=O)Cc2c[nH]c3ccc(Cl)cc23)no1. The van der Waals surface area contributed by atoms with Crippen molar-refractivity contribution < 1.29 is 14.1 Å². The quantitative estimate of drug-likeness (QED) is 0.651. The van der Waals surface area contributed by atoms with Crippen molar-refractivity contribution in [1.82, 2.24) is 15.5 Å². The number of nitrogens with zero attached hydrogens (tertiary/aromatic N) is 1. The van der Waals surface area contributed by atoms with Crippen molar-refractivity contribution in [3.63, 3.8) is 0 Å². The second-order valence-corrected chi connectivity index (χ2v) is 6.22. The molecule has 0 saturated carbocycles. The molecule has 0 aliphatic heterocycles. The van der Waals surface area contributed by atoms with Crippen LogP contribution in [0.2, 0.25) is 5.02 Å². The molecule has 0 saturated heterocycles. The topological polar surface area (TPSA) is 100 Å². The molecule has 3 N–H and O–H groups in total. The summed E-state index contributed by atoms with van der Waals surface area (Å²) in [6.45, 7) is 3.33. The third kappa shape index (κ3) is 4.00. The maximum absolute atomic E-state index is 12.2. The Morgan fingerprint density at radius 2 is 2.16 bits per heavy atom. The van der Waals surface area contributed by atoms with Gasteiger partial charge in [0.2, 0.25) is 11.8 Å². The third-order valence-corrected chi connectivity index (χ3v) is 3.97. The summed E-state index contributed by atoms with van der Waals surface area (Å²) in [4.78, 5) is 27.4. The fourth-order valence-electron chi connectivity index (χ4n) is 2.49. The van der Waals surface area contributed by atoms with E-state index in [0.717, 1.165) is 16.5 Å². The lowest BCUT2D eigenvalue weighted by Crippen LogP contribution is -2.42. The van der Waals surface area contributed by atoms with Crippen molar-refractivity contribution >= 4 is 40.1 Å². The Bertz CT molecular complexity index is 931. The molecule has 8 heteroatoms. The molecule has 0 fully saturated rings. The molecule has 0 aliphatic rings. The number of aromatic nitrogens is 2. The Hall–Kier alpha value is -2.80. The standard InChI is InChI=1S/C17H17ClN4O3/c1-9-5-15(22-25-9)21-17(24)10(2)20-16(23)6-11-8-19-14-4-3-12(18)7-13(11)14/h3-5,7-8,10,19H,6H2,1-2H3,(H,20,23)(H,21,22,24). The molecule has 130 valence electrons. The highest BCUT2D eigenvalue weighted by atomic mass is 35.5. The molecule has 0 aliphatic carbocycles. The number of carbonyl (C=O) groups excluding carboxylic acids is 2. The Morgan fingerprint density at radius 3 is 2.88 bits per heavy atom. The molecule has 0 bridgehead atoms. The fourth-order valence-corrected chi connectivity index (χ4v) is 2.66. The summed E-state index contributed by atoms with van der Waals surface area (Å²) >= 11 is 6.01. The number of H-pyrrole nitrogens is 1. The summed E-state index contributed by atoms with van der Waals surface area (Å²) in [7, 11) is 0. The molecule has 0 spiro atoms. The molecule has 3 rings (SSSR count). The van der Waals surface area contributed by atoms with Gasteiger partial charge in [0.25, 0.3) is 0 Å². The number of hydrogen-bond donors (Lipinski definition) is 3. The highest BCUT2D eigenvalue weighted by Crippen LogP contribution is 2.22. The van der Waals surface area contributed by atoms with Gasteiger partial charge < -0.3 is 20.1 Å².